The Bertz CT molecular complexity index is 1180. The van der Waals surface area contributed by atoms with Crippen LogP contribution in [-0.2, 0) is 14.6 Å². The number of rotatable bonds is 4. The second-order valence-electron chi connectivity index (χ2n) is 6.77. The third-order valence-corrected chi connectivity index (χ3v) is 6.63. The first-order valence-corrected chi connectivity index (χ1v) is 10.5. The maximum atomic E-state index is 14.3. The molecule has 1 unspecified atom stereocenters. The predicted molar refractivity (Wildman–Crippen MR) is 107 cm³/mol. The van der Waals surface area contributed by atoms with Crippen molar-refractivity contribution < 1.29 is 17.5 Å². The summed E-state index contributed by atoms with van der Waals surface area (Å²) in [6, 6.07) is 5.17. The molecule has 1 aliphatic heterocycles. The SMILES string of the molecule is CNc1nc(N2CCOC(C)C2)c2[nH]c(N)c(S(=O)(=O)c3ccccc3F)c2n1. The number of anilines is 3. The number of hydrogen-bond donors (Lipinski definition) is 3. The number of ether oxygens (including phenoxy) is 1. The number of nitrogens with one attached hydrogen (secondary N) is 2. The Labute approximate surface area is 167 Å². The fourth-order valence-electron chi connectivity index (χ4n) is 3.44. The molecule has 0 saturated carbocycles. The van der Waals surface area contributed by atoms with Gasteiger partial charge in [0.1, 0.15) is 32.5 Å². The molecule has 0 spiro atoms. The maximum Gasteiger partial charge on any atom is 0.225 e. The quantitative estimate of drug-likeness (QED) is 0.583. The highest BCUT2D eigenvalue weighted by Crippen LogP contribution is 2.37. The van der Waals surface area contributed by atoms with E-state index in [2.05, 4.69) is 20.3 Å². The van der Waals surface area contributed by atoms with Crippen LogP contribution in [0.3, 0.4) is 0 Å². The monoisotopic (exact) mass is 420 g/mol. The number of nitrogens with two attached hydrogens (primary N) is 1. The van der Waals surface area contributed by atoms with Crippen LogP contribution in [0.4, 0.5) is 22.0 Å². The minimum Gasteiger partial charge on any atom is -0.384 e. The summed E-state index contributed by atoms with van der Waals surface area (Å²) in [6.45, 7) is 3.61. The average Bonchev–Trinajstić information content (AvgIpc) is 3.03. The molecule has 9 nitrogen and oxygen atoms in total. The van der Waals surface area contributed by atoms with Gasteiger partial charge in [0.05, 0.1) is 12.7 Å². The number of benzene rings is 1. The molecular formula is C18H21FN6O3S. The Kier molecular flexibility index (Phi) is 4.79. The van der Waals surface area contributed by atoms with Crippen molar-refractivity contribution in [3.63, 3.8) is 0 Å². The van der Waals surface area contributed by atoms with Crippen molar-refractivity contribution >= 4 is 38.5 Å². The van der Waals surface area contributed by atoms with E-state index in [1.54, 1.807) is 7.05 Å². The molecule has 2 aromatic heterocycles. The highest BCUT2D eigenvalue weighted by molar-refractivity contribution is 7.92. The van der Waals surface area contributed by atoms with Crippen LogP contribution >= 0.6 is 0 Å². The fraction of sp³-hybridized carbons (Fsp3) is 0.333. The van der Waals surface area contributed by atoms with Crippen LogP contribution in [0.5, 0.6) is 0 Å². The van der Waals surface area contributed by atoms with Gasteiger partial charge in [-0.05, 0) is 19.1 Å². The van der Waals surface area contributed by atoms with Gasteiger partial charge in [0.25, 0.3) is 0 Å². The first kappa shape index (κ1) is 19.4. The van der Waals surface area contributed by atoms with Crippen molar-refractivity contribution in [2.24, 2.45) is 0 Å². The zero-order chi connectivity index (χ0) is 20.8. The fourth-order valence-corrected chi connectivity index (χ4v) is 4.99. The molecule has 1 aromatic carbocycles. The van der Waals surface area contributed by atoms with E-state index in [4.69, 9.17) is 10.5 Å². The lowest BCUT2D eigenvalue weighted by atomic mass is 10.3. The molecule has 1 aliphatic rings. The van der Waals surface area contributed by atoms with Gasteiger partial charge in [-0.1, -0.05) is 12.1 Å². The summed E-state index contributed by atoms with van der Waals surface area (Å²) in [5.74, 6) is -0.230. The standard InChI is InChI=1S/C18H21FN6O3S/c1-10-9-25(7-8-28-10)17-14-13(23-18(21-2)24-17)15(16(20)22-14)29(26,27)12-6-4-3-5-11(12)19/h3-6,10,22H,7-9,20H2,1-2H3,(H,21,23,24). The third-order valence-electron chi connectivity index (χ3n) is 4.77. The Hall–Kier alpha value is -2.92. The van der Waals surface area contributed by atoms with Gasteiger partial charge in [-0.3, -0.25) is 0 Å². The highest BCUT2D eigenvalue weighted by atomic mass is 32.2. The summed E-state index contributed by atoms with van der Waals surface area (Å²) in [5, 5.41) is 2.85. The first-order valence-electron chi connectivity index (χ1n) is 9.06. The van der Waals surface area contributed by atoms with Crippen molar-refractivity contribution in [3.8, 4) is 0 Å². The van der Waals surface area contributed by atoms with E-state index in [9.17, 15) is 12.8 Å². The smallest absolute Gasteiger partial charge is 0.225 e. The number of hydrogen-bond acceptors (Lipinski definition) is 8. The van der Waals surface area contributed by atoms with E-state index in [-0.39, 0.29) is 28.3 Å². The zero-order valence-electron chi connectivity index (χ0n) is 15.9. The van der Waals surface area contributed by atoms with Gasteiger partial charge in [0.2, 0.25) is 15.8 Å². The predicted octanol–water partition coefficient (Wildman–Crippen LogP) is 1.78. The van der Waals surface area contributed by atoms with Crippen LogP contribution in [0.2, 0.25) is 0 Å². The van der Waals surface area contributed by atoms with Crippen LogP contribution in [0.15, 0.2) is 34.1 Å². The maximum absolute atomic E-state index is 14.3. The van der Waals surface area contributed by atoms with Crippen LogP contribution in [0.25, 0.3) is 11.0 Å². The first-order chi connectivity index (χ1) is 13.8. The number of sulfone groups is 1. The van der Waals surface area contributed by atoms with E-state index in [0.29, 0.717) is 31.0 Å². The topological polar surface area (TPSA) is 126 Å². The molecule has 4 N–H and O–H groups in total. The zero-order valence-corrected chi connectivity index (χ0v) is 16.8. The van der Waals surface area contributed by atoms with Gasteiger partial charge in [0, 0.05) is 20.1 Å². The lowest BCUT2D eigenvalue weighted by Gasteiger charge is -2.32. The van der Waals surface area contributed by atoms with E-state index in [1.807, 2.05) is 11.8 Å². The molecule has 154 valence electrons. The molecule has 3 heterocycles. The number of fused-ring (bicyclic) bond motifs is 1. The molecule has 0 amide bonds. The molecule has 1 fully saturated rings. The number of morpholine rings is 1. The van der Waals surface area contributed by atoms with Gasteiger partial charge in [-0.2, -0.15) is 4.98 Å². The van der Waals surface area contributed by atoms with Gasteiger partial charge in [-0.15, -0.1) is 0 Å². The Morgan fingerprint density at radius 3 is 2.79 bits per heavy atom. The average molecular weight is 420 g/mol. The second kappa shape index (κ2) is 7.16. The van der Waals surface area contributed by atoms with Crippen LogP contribution in [0.1, 0.15) is 6.92 Å². The number of aromatic amines is 1. The van der Waals surface area contributed by atoms with Crippen LogP contribution < -0.4 is 16.0 Å². The molecule has 1 atom stereocenters. The molecular weight excluding hydrogens is 399 g/mol. The van der Waals surface area contributed by atoms with E-state index in [0.717, 1.165) is 6.07 Å². The largest absolute Gasteiger partial charge is 0.384 e. The van der Waals surface area contributed by atoms with Gasteiger partial charge < -0.3 is 25.7 Å². The van der Waals surface area contributed by atoms with Crippen molar-refractivity contribution in [1.29, 1.82) is 0 Å². The van der Waals surface area contributed by atoms with E-state index in [1.165, 1.54) is 18.2 Å². The summed E-state index contributed by atoms with van der Waals surface area (Å²) < 4.78 is 46.3. The van der Waals surface area contributed by atoms with Gasteiger partial charge in [-0.25, -0.2) is 17.8 Å². The summed E-state index contributed by atoms with van der Waals surface area (Å²) in [5.41, 5.74) is 6.55. The molecule has 3 aromatic rings. The summed E-state index contributed by atoms with van der Waals surface area (Å²) in [4.78, 5) is 13.0. The van der Waals surface area contributed by atoms with Gasteiger partial charge in [0.15, 0.2) is 5.82 Å². The number of nitrogens with zero attached hydrogens (tertiary/aromatic N) is 3. The van der Waals surface area contributed by atoms with E-state index < -0.39 is 20.5 Å². The number of H-pyrrole nitrogens is 1. The van der Waals surface area contributed by atoms with Crippen molar-refractivity contribution in [3.05, 3.63) is 30.1 Å². The second-order valence-corrected chi connectivity index (χ2v) is 8.63. The molecule has 0 bridgehead atoms. The molecule has 0 aliphatic carbocycles. The minimum absolute atomic E-state index is 0.0132. The third kappa shape index (κ3) is 3.25. The minimum atomic E-state index is -4.26. The van der Waals surface area contributed by atoms with Gasteiger partial charge >= 0.3 is 0 Å². The molecule has 4 rings (SSSR count). The Balaban J connectivity index is 1.96. The van der Waals surface area contributed by atoms with E-state index >= 15 is 0 Å². The molecule has 29 heavy (non-hydrogen) atoms. The number of nitrogen functional groups attached to an aromatic ring is 1. The Morgan fingerprint density at radius 1 is 1.34 bits per heavy atom. The molecule has 0 radical (unpaired) electrons. The van der Waals surface area contributed by atoms with Crippen LogP contribution in [0, 0.1) is 5.82 Å². The molecule has 11 heteroatoms. The number of aromatic nitrogens is 3. The van der Waals surface area contributed by atoms with Crippen molar-refractivity contribution in [2.45, 2.75) is 22.8 Å². The lowest BCUT2D eigenvalue weighted by Crippen LogP contribution is -2.41. The lowest BCUT2D eigenvalue weighted by molar-refractivity contribution is 0.0530. The van der Waals surface area contributed by atoms with Crippen LogP contribution in [-0.4, -0.2) is 56.2 Å². The summed E-state index contributed by atoms with van der Waals surface area (Å²) >= 11 is 0. The summed E-state index contributed by atoms with van der Waals surface area (Å²) in [6.07, 6.45) is -0.0132. The van der Waals surface area contributed by atoms with Crippen molar-refractivity contribution in [2.75, 3.05) is 42.7 Å². The highest BCUT2D eigenvalue weighted by Gasteiger charge is 2.32. The normalized spacial score (nSPS) is 17.6. The Morgan fingerprint density at radius 2 is 2.10 bits per heavy atom. The molecule has 1 saturated heterocycles. The van der Waals surface area contributed by atoms with Crippen molar-refractivity contribution in [1.82, 2.24) is 15.0 Å². The number of halogens is 1. The summed E-state index contributed by atoms with van der Waals surface area (Å²) in [7, 11) is -2.63.